The first-order valence-corrected chi connectivity index (χ1v) is 10.1. The molecule has 8 atom stereocenters. The number of aliphatic carboxylic acids is 1. The Labute approximate surface area is 161 Å². The molecule has 0 unspecified atom stereocenters. The molecule has 0 aromatic carbocycles. The summed E-state index contributed by atoms with van der Waals surface area (Å²) < 4.78 is 17.3. The molecule has 2 N–H and O–H groups in total. The van der Waals surface area contributed by atoms with Crippen molar-refractivity contribution in [2.45, 2.75) is 103 Å². The van der Waals surface area contributed by atoms with E-state index in [2.05, 4.69) is 0 Å². The van der Waals surface area contributed by atoms with Crippen molar-refractivity contribution < 1.29 is 34.0 Å². The molecular weight excluding hydrogens is 352 g/mol. The predicted molar refractivity (Wildman–Crippen MR) is 98.2 cm³/mol. The van der Waals surface area contributed by atoms with Crippen LogP contribution in [0.25, 0.3) is 0 Å². The highest BCUT2D eigenvalue weighted by atomic mass is 16.6. The number of rotatable bonds is 9. The van der Waals surface area contributed by atoms with Crippen molar-refractivity contribution in [2.24, 2.45) is 11.8 Å². The van der Waals surface area contributed by atoms with Gasteiger partial charge in [0.05, 0.1) is 42.4 Å². The maximum Gasteiger partial charge on any atom is 0.311 e. The zero-order valence-corrected chi connectivity index (χ0v) is 16.8. The average Bonchev–Trinajstić information content (AvgIpc) is 3.22. The van der Waals surface area contributed by atoms with Crippen LogP contribution >= 0.6 is 0 Å². The lowest BCUT2D eigenvalue weighted by atomic mass is 10.0. The lowest BCUT2D eigenvalue weighted by Crippen LogP contribution is -2.32. The van der Waals surface area contributed by atoms with Gasteiger partial charge in [0.25, 0.3) is 0 Å². The maximum atomic E-state index is 12.4. The highest BCUT2D eigenvalue weighted by Gasteiger charge is 2.36. The molecule has 0 aromatic rings. The minimum atomic E-state index is -0.848. The van der Waals surface area contributed by atoms with Gasteiger partial charge in [0.2, 0.25) is 0 Å². The number of ether oxygens (including phenoxy) is 3. The van der Waals surface area contributed by atoms with Crippen molar-refractivity contribution >= 4 is 11.9 Å². The first-order valence-electron chi connectivity index (χ1n) is 10.1. The summed E-state index contributed by atoms with van der Waals surface area (Å²) in [7, 11) is 0. The number of carbonyl (C=O) groups is 2. The zero-order valence-electron chi connectivity index (χ0n) is 16.8. The van der Waals surface area contributed by atoms with Crippen LogP contribution in [0.5, 0.6) is 0 Å². The number of aliphatic hydroxyl groups excluding tert-OH is 1. The van der Waals surface area contributed by atoms with Crippen LogP contribution in [0.15, 0.2) is 0 Å². The molecule has 2 rings (SSSR count). The molecule has 0 amide bonds. The fraction of sp³-hybridized carbons (Fsp3) is 0.900. The molecule has 2 aliphatic rings. The van der Waals surface area contributed by atoms with Gasteiger partial charge in [0.1, 0.15) is 6.10 Å². The van der Waals surface area contributed by atoms with Gasteiger partial charge in [-0.2, -0.15) is 0 Å². The largest absolute Gasteiger partial charge is 0.481 e. The highest BCUT2D eigenvalue weighted by molar-refractivity contribution is 5.73. The van der Waals surface area contributed by atoms with Crippen molar-refractivity contribution in [3.8, 4) is 0 Å². The van der Waals surface area contributed by atoms with E-state index in [1.54, 1.807) is 13.8 Å². The summed E-state index contributed by atoms with van der Waals surface area (Å²) in [6, 6.07) is 0. The third kappa shape index (κ3) is 6.43. The first-order chi connectivity index (χ1) is 12.7. The van der Waals surface area contributed by atoms with E-state index >= 15 is 0 Å². The summed E-state index contributed by atoms with van der Waals surface area (Å²) in [5.74, 6) is -2.00. The summed E-state index contributed by atoms with van der Waals surface area (Å²) in [6.45, 7) is 7.06. The third-order valence-corrected chi connectivity index (χ3v) is 5.67. The molecule has 2 heterocycles. The minimum Gasteiger partial charge on any atom is -0.481 e. The van der Waals surface area contributed by atoms with Gasteiger partial charge in [-0.15, -0.1) is 0 Å². The maximum absolute atomic E-state index is 12.4. The van der Waals surface area contributed by atoms with Gasteiger partial charge in [-0.25, -0.2) is 0 Å². The number of aliphatic hydroxyl groups is 1. The summed E-state index contributed by atoms with van der Waals surface area (Å²) in [4.78, 5) is 23.5. The lowest BCUT2D eigenvalue weighted by Gasteiger charge is -2.23. The quantitative estimate of drug-likeness (QED) is 0.587. The van der Waals surface area contributed by atoms with Crippen molar-refractivity contribution in [2.75, 3.05) is 0 Å². The van der Waals surface area contributed by atoms with E-state index in [0.717, 1.165) is 25.7 Å². The zero-order chi connectivity index (χ0) is 20.1. The Morgan fingerprint density at radius 2 is 1.44 bits per heavy atom. The van der Waals surface area contributed by atoms with E-state index in [1.165, 1.54) is 0 Å². The van der Waals surface area contributed by atoms with Crippen LogP contribution in [0.3, 0.4) is 0 Å². The number of hydrogen-bond acceptors (Lipinski definition) is 6. The third-order valence-electron chi connectivity index (χ3n) is 5.67. The number of esters is 1. The van der Waals surface area contributed by atoms with Gasteiger partial charge >= 0.3 is 11.9 Å². The second kappa shape index (κ2) is 9.85. The minimum absolute atomic E-state index is 0.00252. The molecule has 0 saturated carbocycles. The van der Waals surface area contributed by atoms with E-state index in [1.807, 2.05) is 13.8 Å². The van der Waals surface area contributed by atoms with Crippen LogP contribution in [-0.4, -0.2) is 58.8 Å². The number of carboxylic acid groups (broad SMARTS) is 1. The van der Waals surface area contributed by atoms with Crippen LogP contribution in [0.2, 0.25) is 0 Å². The monoisotopic (exact) mass is 386 g/mol. The molecule has 0 bridgehead atoms. The predicted octanol–water partition coefficient (Wildman–Crippen LogP) is 2.53. The summed E-state index contributed by atoms with van der Waals surface area (Å²) in [6.07, 6.45) is 3.08. The Balaban J connectivity index is 1.73. The fourth-order valence-electron chi connectivity index (χ4n) is 3.96. The molecule has 27 heavy (non-hydrogen) atoms. The van der Waals surface area contributed by atoms with Crippen molar-refractivity contribution in [1.29, 1.82) is 0 Å². The van der Waals surface area contributed by atoms with Gasteiger partial charge in [0, 0.05) is 6.42 Å². The summed E-state index contributed by atoms with van der Waals surface area (Å²) in [5, 5.41) is 18.6. The Hall–Kier alpha value is -1.18. The van der Waals surface area contributed by atoms with Crippen molar-refractivity contribution in [1.82, 2.24) is 0 Å². The Morgan fingerprint density at radius 3 is 1.96 bits per heavy atom. The lowest BCUT2D eigenvalue weighted by molar-refractivity contribution is -0.159. The average molecular weight is 386 g/mol. The van der Waals surface area contributed by atoms with Gasteiger partial charge < -0.3 is 24.4 Å². The molecular formula is C20H34O7. The molecule has 2 aliphatic heterocycles. The van der Waals surface area contributed by atoms with Gasteiger partial charge in [-0.3, -0.25) is 9.59 Å². The molecule has 156 valence electrons. The highest BCUT2D eigenvalue weighted by Crippen LogP contribution is 2.30. The van der Waals surface area contributed by atoms with Gasteiger partial charge in [-0.1, -0.05) is 0 Å². The number of hydrogen-bond donors (Lipinski definition) is 2. The van der Waals surface area contributed by atoms with Crippen LogP contribution < -0.4 is 0 Å². The SMILES string of the molecule is C[C@H](O)C[C@H]1CC[C@@H]([C@@H](C)C(=O)O[C@@H](C)C[C@@H]2CC[C@@H]([C@@H](C)C(=O)O)O2)O1. The second-order valence-electron chi connectivity index (χ2n) is 8.23. The van der Waals surface area contributed by atoms with Crippen LogP contribution in [-0.2, 0) is 23.8 Å². The van der Waals surface area contributed by atoms with E-state index in [-0.39, 0.29) is 42.4 Å². The second-order valence-corrected chi connectivity index (χ2v) is 8.23. The Morgan fingerprint density at radius 1 is 0.926 bits per heavy atom. The van der Waals surface area contributed by atoms with E-state index in [9.17, 15) is 14.7 Å². The van der Waals surface area contributed by atoms with Gasteiger partial charge in [0.15, 0.2) is 0 Å². The van der Waals surface area contributed by atoms with Crippen LogP contribution in [0.1, 0.15) is 66.2 Å². The van der Waals surface area contributed by atoms with Gasteiger partial charge in [-0.05, 0) is 59.8 Å². The van der Waals surface area contributed by atoms with Crippen molar-refractivity contribution in [3.05, 3.63) is 0 Å². The topological polar surface area (TPSA) is 102 Å². The molecule has 0 aliphatic carbocycles. The number of carboxylic acids is 1. The first kappa shape index (κ1) is 22.1. The fourth-order valence-corrected chi connectivity index (χ4v) is 3.96. The summed E-state index contributed by atoms with van der Waals surface area (Å²) >= 11 is 0. The van der Waals surface area contributed by atoms with E-state index in [4.69, 9.17) is 19.3 Å². The normalized spacial score (nSPS) is 32.6. The smallest absolute Gasteiger partial charge is 0.311 e. The van der Waals surface area contributed by atoms with Crippen LogP contribution in [0, 0.1) is 11.8 Å². The summed E-state index contributed by atoms with van der Waals surface area (Å²) in [5.41, 5.74) is 0. The Bertz CT molecular complexity index is 507. The molecule has 0 spiro atoms. The molecule has 7 heteroatoms. The standard InChI is InChI=1S/C20H34O7/c1-11(21)9-15-5-8-18(26-15)14(4)20(24)25-12(2)10-16-6-7-17(27-16)13(3)19(22)23/h11-18,21H,5-10H2,1-4H3,(H,22,23)/t11-,12-,13+,14+,15+,16-,17-,18-/m0/s1. The molecule has 0 aromatic heterocycles. The Kier molecular flexibility index (Phi) is 8.06. The molecule has 7 nitrogen and oxygen atoms in total. The van der Waals surface area contributed by atoms with E-state index in [0.29, 0.717) is 12.8 Å². The molecule has 0 radical (unpaired) electrons. The van der Waals surface area contributed by atoms with E-state index < -0.39 is 18.0 Å². The molecule has 2 saturated heterocycles. The van der Waals surface area contributed by atoms with Crippen LogP contribution in [0.4, 0.5) is 0 Å². The number of carbonyl (C=O) groups excluding carboxylic acids is 1. The van der Waals surface area contributed by atoms with Crippen molar-refractivity contribution in [3.63, 3.8) is 0 Å². The molecule has 2 fully saturated rings.